The van der Waals surface area contributed by atoms with Crippen LogP contribution in [0.5, 0.6) is 0 Å². The van der Waals surface area contributed by atoms with Gasteiger partial charge in [0.15, 0.2) is 5.96 Å². The van der Waals surface area contributed by atoms with Gasteiger partial charge in [-0.15, -0.1) is 0 Å². The van der Waals surface area contributed by atoms with Gasteiger partial charge in [-0.1, -0.05) is 25.1 Å². The number of hydrogen-bond acceptors (Lipinski definition) is 4. The molecule has 0 bridgehead atoms. The molecular weight excluding hydrogens is 373 g/mol. The lowest BCUT2D eigenvalue weighted by Gasteiger charge is -2.12. The third kappa shape index (κ3) is 6.30. The molecule has 0 radical (unpaired) electrons. The molecule has 7 nitrogen and oxygen atoms in total. The summed E-state index contributed by atoms with van der Waals surface area (Å²) in [6.45, 7) is 9.76. The molecule has 1 aromatic carbocycles. The molecule has 0 aliphatic carbocycles. The molecule has 0 saturated heterocycles. The zero-order valence-electron chi connectivity index (χ0n) is 17.6. The highest BCUT2D eigenvalue weighted by molar-refractivity contribution is 5.94. The fourth-order valence-electron chi connectivity index (χ4n) is 2.81. The quantitative estimate of drug-likeness (QED) is 0.340. The normalized spacial score (nSPS) is 11.4. The predicted molar refractivity (Wildman–Crippen MR) is 112 cm³/mol. The number of carbonyl (C=O) groups excluding carboxylic acids is 1. The van der Waals surface area contributed by atoms with Crippen LogP contribution in [0.15, 0.2) is 27.7 Å². The number of benzene rings is 1. The molecule has 0 aliphatic rings. The van der Waals surface area contributed by atoms with Crippen molar-refractivity contribution in [2.75, 3.05) is 19.6 Å². The maximum Gasteiger partial charge on any atom is 0.251 e. The number of aromatic nitrogens is 1. The Labute approximate surface area is 171 Å². The molecule has 1 heterocycles. The van der Waals surface area contributed by atoms with Gasteiger partial charge in [-0.25, -0.2) is 9.38 Å². The van der Waals surface area contributed by atoms with Crippen molar-refractivity contribution in [3.05, 3.63) is 52.2 Å². The molecule has 29 heavy (non-hydrogen) atoms. The number of aryl methyl sites for hydroxylation is 3. The first-order valence-electron chi connectivity index (χ1n) is 10.0. The van der Waals surface area contributed by atoms with E-state index in [1.54, 1.807) is 19.1 Å². The lowest BCUT2D eigenvalue weighted by Crippen LogP contribution is -2.41. The monoisotopic (exact) mass is 403 g/mol. The van der Waals surface area contributed by atoms with Crippen molar-refractivity contribution in [3.8, 4) is 0 Å². The van der Waals surface area contributed by atoms with Crippen LogP contribution in [0.25, 0.3) is 0 Å². The Kier molecular flexibility index (Phi) is 8.64. The van der Waals surface area contributed by atoms with E-state index in [-0.39, 0.29) is 11.7 Å². The number of halogens is 1. The third-order valence-electron chi connectivity index (χ3n) is 4.48. The summed E-state index contributed by atoms with van der Waals surface area (Å²) in [6.07, 6.45) is 1.57. The Morgan fingerprint density at radius 3 is 2.55 bits per heavy atom. The Balaban J connectivity index is 1.89. The standard InChI is InChI=1S/C21H30FN5O2/c1-5-18-16(19(6-2)29-27-18)13-26-21(23-7-3)25-11-10-24-20(28)15-9-8-14(4)17(22)12-15/h8-9,12H,5-7,10-11,13H2,1-4H3,(H,24,28)(H2,23,25,26). The van der Waals surface area contributed by atoms with Gasteiger partial charge in [0.1, 0.15) is 11.6 Å². The van der Waals surface area contributed by atoms with Gasteiger partial charge in [-0.05, 0) is 38.0 Å². The number of guanidine groups is 1. The van der Waals surface area contributed by atoms with Crippen molar-refractivity contribution >= 4 is 11.9 Å². The maximum absolute atomic E-state index is 13.6. The molecule has 158 valence electrons. The number of hydrogen-bond donors (Lipinski definition) is 3. The minimum atomic E-state index is -0.385. The predicted octanol–water partition coefficient (Wildman–Crippen LogP) is 2.73. The minimum Gasteiger partial charge on any atom is -0.361 e. The van der Waals surface area contributed by atoms with Gasteiger partial charge in [0.05, 0.1) is 12.2 Å². The number of carbonyl (C=O) groups is 1. The van der Waals surface area contributed by atoms with Gasteiger partial charge in [-0.3, -0.25) is 4.79 Å². The summed E-state index contributed by atoms with van der Waals surface area (Å²) < 4.78 is 19.0. The average Bonchev–Trinajstić information content (AvgIpc) is 3.13. The molecule has 3 N–H and O–H groups in total. The van der Waals surface area contributed by atoms with Crippen LogP contribution in [-0.4, -0.2) is 36.7 Å². The van der Waals surface area contributed by atoms with Gasteiger partial charge in [0.2, 0.25) is 0 Å². The number of nitrogens with one attached hydrogen (secondary N) is 3. The van der Waals surface area contributed by atoms with E-state index >= 15 is 0 Å². The molecule has 0 unspecified atom stereocenters. The van der Waals surface area contributed by atoms with Crippen LogP contribution >= 0.6 is 0 Å². The van der Waals surface area contributed by atoms with Crippen molar-refractivity contribution in [1.29, 1.82) is 0 Å². The fourth-order valence-corrected chi connectivity index (χ4v) is 2.81. The molecule has 2 rings (SSSR count). The van der Waals surface area contributed by atoms with Crippen LogP contribution in [0, 0.1) is 12.7 Å². The zero-order chi connectivity index (χ0) is 21.2. The number of amides is 1. The second-order valence-corrected chi connectivity index (χ2v) is 6.58. The summed E-state index contributed by atoms with van der Waals surface area (Å²) in [7, 11) is 0. The van der Waals surface area contributed by atoms with E-state index in [0.29, 0.717) is 43.3 Å². The van der Waals surface area contributed by atoms with E-state index in [1.165, 1.54) is 6.07 Å². The summed E-state index contributed by atoms with van der Waals surface area (Å²) in [5.74, 6) is 0.814. The number of nitrogens with zero attached hydrogens (tertiary/aromatic N) is 2. The smallest absolute Gasteiger partial charge is 0.251 e. The van der Waals surface area contributed by atoms with Gasteiger partial charge >= 0.3 is 0 Å². The molecule has 0 atom stereocenters. The van der Waals surface area contributed by atoms with Crippen LogP contribution in [0.2, 0.25) is 0 Å². The van der Waals surface area contributed by atoms with Crippen LogP contribution in [0.1, 0.15) is 53.7 Å². The fraction of sp³-hybridized carbons (Fsp3) is 0.476. The Morgan fingerprint density at radius 1 is 1.14 bits per heavy atom. The summed E-state index contributed by atoms with van der Waals surface area (Å²) in [5.41, 5.74) is 2.78. The van der Waals surface area contributed by atoms with Gasteiger partial charge in [-0.2, -0.15) is 0 Å². The van der Waals surface area contributed by atoms with E-state index in [0.717, 1.165) is 29.9 Å². The molecule has 0 fully saturated rings. The highest BCUT2D eigenvalue weighted by Gasteiger charge is 2.13. The SMILES string of the molecule is CCNC(=NCc1c(CC)noc1CC)NCCNC(=O)c1ccc(C)c(F)c1. The second kappa shape index (κ2) is 11.2. The highest BCUT2D eigenvalue weighted by Crippen LogP contribution is 2.16. The number of aliphatic imine (C=N–C) groups is 1. The first kappa shape index (κ1) is 22.4. The highest BCUT2D eigenvalue weighted by atomic mass is 19.1. The molecule has 0 spiro atoms. The molecule has 1 aromatic heterocycles. The van der Waals surface area contributed by atoms with Crippen LogP contribution in [0.4, 0.5) is 4.39 Å². The largest absolute Gasteiger partial charge is 0.361 e. The molecule has 0 saturated carbocycles. The maximum atomic E-state index is 13.6. The minimum absolute atomic E-state index is 0.306. The van der Waals surface area contributed by atoms with Gasteiger partial charge in [0.25, 0.3) is 5.91 Å². The van der Waals surface area contributed by atoms with Gasteiger partial charge in [0, 0.05) is 37.2 Å². The lowest BCUT2D eigenvalue weighted by atomic mass is 10.1. The van der Waals surface area contributed by atoms with Crippen molar-refractivity contribution in [2.24, 2.45) is 4.99 Å². The molecule has 2 aromatic rings. The summed E-state index contributed by atoms with van der Waals surface area (Å²) >= 11 is 0. The third-order valence-corrected chi connectivity index (χ3v) is 4.48. The van der Waals surface area contributed by atoms with E-state index in [4.69, 9.17) is 4.52 Å². The zero-order valence-corrected chi connectivity index (χ0v) is 17.6. The lowest BCUT2D eigenvalue weighted by molar-refractivity contribution is 0.0954. The van der Waals surface area contributed by atoms with E-state index in [9.17, 15) is 9.18 Å². The Morgan fingerprint density at radius 2 is 1.90 bits per heavy atom. The number of rotatable bonds is 9. The van der Waals surface area contributed by atoms with Gasteiger partial charge < -0.3 is 20.5 Å². The average molecular weight is 404 g/mol. The topological polar surface area (TPSA) is 91.6 Å². The molecule has 0 aliphatic heterocycles. The molecular formula is C21H30FN5O2. The molecule has 8 heteroatoms. The Bertz CT molecular complexity index is 826. The van der Waals surface area contributed by atoms with E-state index < -0.39 is 0 Å². The summed E-state index contributed by atoms with van der Waals surface area (Å²) in [6, 6.07) is 4.46. The van der Waals surface area contributed by atoms with Crippen LogP contribution in [0.3, 0.4) is 0 Å². The Hall–Kier alpha value is -2.90. The van der Waals surface area contributed by atoms with E-state index in [2.05, 4.69) is 26.1 Å². The summed E-state index contributed by atoms with van der Waals surface area (Å²) in [4.78, 5) is 16.7. The molecule has 1 amide bonds. The summed E-state index contributed by atoms with van der Waals surface area (Å²) in [5, 5.41) is 13.2. The van der Waals surface area contributed by atoms with Crippen molar-refractivity contribution in [3.63, 3.8) is 0 Å². The first-order valence-corrected chi connectivity index (χ1v) is 10.0. The van der Waals surface area contributed by atoms with Crippen molar-refractivity contribution in [2.45, 2.75) is 47.1 Å². The van der Waals surface area contributed by atoms with Crippen LogP contribution < -0.4 is 16.0 Å². The van der Waals surface area contributed by atoms with Crippen molar-refractivity contribution < 1.29 is 13.7 Å². The first-order chi connectivity index (χ1) is 14.0. The second-order valence-electron chi connectivity index (χ2n) is 6.58. The van der Waals surface area contributed by atoms with E-state index in [1.807, 2.05) is 20.8 Å². The van der Waals surface area contributed by atoms with Crippen molar-refractivity contribution in [1.82, 2.24) is 21.1 Å². The van der Waals surface area contributed by atoms with Crippen LogP contribution in [-0.2, 0) is 19.4 Å².